The van der Waals surface area contributed by atoms with Crippen molar-refractivity contribution in [1.82, 2.24) is 0 Å². The van der Waals surface area contributed by atoms with E-state index in [-0.39, 0.29) is 0 Å². The van der Waals surface area contributed by atoms with Gasteiger partial charge in [0.2, 0.25) is 0 Å². The molecule has 15 heavy (non-hydrogen) atoms. The fourth-order valence-corrected chi connectivity index (χ4v) is 1.26. The van der Waals surface area contributed by atoms with Crippen LogP contribution in [0.5, 0.6) is 0 Å². The lowest BCUT2D eigenvalue weighted by atomic mass is 10.1. The molecule has 0 aromatic carbocycles. The molecule has 0 saturated carbocycles. The van der Waals surface area contributed by atoms with Crippen LogP contribution in [0.4, 0.5) is 0 Å². The van der Waals surface area contributed by atoms with Gasteiger partial charge in [0, 0.05) is 0 Å². The summed E-state index contributed by atoms with van der Waals surface area (Å²) in [7, 11) is 0. The summed E-state index contributed by atoms with van der Waals surface area (Å²) >= 11 is 0. The zero-order chi connectivity index (χ0) is 11.1. The number of hydrogen-bond donors (Lipinski definition) is 0. The van der Waals surface area contributed by atoms with Gasteiger partial charge in [-0.1, -0.05) is 23.3 Å². The molecule has 2 heteroatoms. The van der Waals surface area contributed by atoms with Gasteiger partial charge in [0.05, 0.1) is 19.8 Å². The predicted octanol–water partition coefficient (Wildman–Crippen LogP) is 3.09. The Morgan fingerprint density at radius 2 is 2.07 bits per heavy atom. The van der Waals surface area contributed by atoms with Crippen molar-refractivity contribution < 1.29 is 9.47 Å². The number of hydrogen-bond acceptors (Lipinski definition) is 2. The number of allylic oxidation sites excluding steroid dienone is 3. The minimum absolute atomic E-state index is 0.379. The van der Waals surface area contributed by atoms with Crippen LogP contribution in [0.15, 0.2) is 23.3 Å². The monoisotopic (exact) mass is 210 g/mol. The van der Waals surface area contributed by atoms with E-state index in [2.05, 4.69) is 32.9 Å². The lowest BCUT2D eigenvalue weighted by Gasteiger charge is -2.00. The first-order valence-corrected chi connectivity index (χ1v) is 5.67. The quantitative estimate of drug-likeness (QED) is 0.366. The van der Waals surface area contributed by atoms with Crippen molar-refractivity contribution in [2.45, 2.75) is 39.7 Å². The highest BCUT2D eigenvalue weighted by Gasteiger charge is 2.21. The van der Waals surface area contributed by atoms with E-state index in [1.165, 1.54) is 11.1 Å². The Kier molecular flexibility index (Phi) is 5.66. The SMILES string of the molecule is CC(C)=CCCC(C)=CCOCC1CO1. The molecular weight excluding hydrogens is 188 g/mol. The second-order valence-electron chi connectivity index (χ2n) is 4.36. The molecule has 1 fully saturated rings. The van der Waals surface area contributed by atoms with Crippen molar-refractivity contribution in [3.63, 3.8) is 0 Å². The average Bonchev–Trinajstić information content (AvgIpc) is 2.95. The minimum Gasteiger partial charge on any atom is -0.375 e. The molecule has 0 aromatic heterocycles. The van der Waals surface area contributed by atoms with Crippen molar-refractivity contribution in [2.75, 3.05) is 19.8 Å². The minimum atomic E-state index is 0.379. The number of ether oxygens (including phenoxy) is 2. The van der Waals surface area contributed by atoms with Gasteiger partial charge in [0.25, 0.3) is 0 Å². The van der Waals surface area contributed by atoms with E-state index in [0.29, 0.717) is 6.10 Å². The molecule has 1 atom stereocenters. The van der Waals surface area contributed by atoms with Crippen molar-refractivity contribution in [1.29, 1.82) is 0 Å². The smallest absolute Gasteiger partial charge is 0.104 e. The van der Waals surface area contributed by atoms with Crippen LogP contribution in [0, 0.1) is 0 Å². The molecule has 0 radical (unpaired) electrons. The van der Waals surface area contributed by atoms with E-state index in [4.69, 9.17) is 9.47 Å². The molecule has 0 amide bonds. The highest BCUT2D eigenvalue weighted by Crippen LogP contribution is 2.09. The lowest BCUT2D eigenvalue weighted by Crippen LogP contribution is -2.01. The van der Waals surface area contributed by atoms with Crippen LogP contribution in [-0.2, 0) is 9.47 Å². The molecule has 86 valence electrons. The van der Waals surface area contributed by atoms with E-state index < -0.39 is 0 Å². The van der Waals surface area contributed by atoms with E-state index in [1.54, 1.807) is 0 Å². The first kappa shape index (κ1) is 12.5. The summed E-state index contributed by atoms with van der Waals surface area (Å²) in [5.41, 5.74) is 2.80. The molecule has 0 aliphatic carbocycles. The van der Waals surface area contributed by atoms with Crippen LogP contribution in [0.2, 0.25) is 0 Å². The van der Waals surface area contributed by atoms with E-state index in [9.17, 15) is 0 Å². The summed E-state index contributed by atoms with van der Waals surface area (Å²) in [6, 6.07) is 0. The van der Waals surface area contributed by atoms with Crippen LogP contribution >= 0.6 is 0 Å². The van der Waals surface area contributed by atoms with E-state index in [1.807, 2.05) is 0 Å². The summed E-state index contributed by atoms with van der Waals surface area (Å²) in [4.78, 5) is 0. The van der Waals surface area contributed by atoms with Gasteiger partial charge < -0.3 is 9.47 Å². The lowest BCUT2D eigenvalue weighted by molar-refractivity contribution is 0.140. The molecule has 0 N–H and O–H groups in total. The molecule has 1 heterocycles. The normalized spacial score (nSPS) is 20.2. The average molecular weight is 210 g/mol. The number of epoxide rings is 1. The van der Waals surface area contributed by atoms with Gasteiger partial charge in [-0.05, 0) is 33.6 Å². The summed E-state index contributed by atoms with van der Waals surface area (Å²) in [6.07, 6.45) is 7.09. The van der Waals surface area contributed by atoms with Crippen LogP contribution in [-0.4, -0.2) is 25.9 Å². The Labute approximate surface area is 93.0 Å². The Hall–Kier alpha value is -0.600. The van der Waals surface area contributed by atoms with E-state index >= 15 is 0 Å². The Balaban J connectivity index is 2.01. The van der Waals surface area contributed by atoms with Gasteiger partial charge >= 0.3 is 0 Å². The molecule has 0 bridgehead atoms. The highest BCUT2D eigenvalue weighted by molar-refractivity contribution is 5.02. The van der Waals surface area contributed by atoms with Crippen molar-refractivity contribution >= 4 is 0 Å². The number of rotatable bonds is 7. The van der Waals surface area contributed by atoms with Gasteiger partial charge in [0.1, 0.15) is 6.10 Å². The molecule has 1 rings (SSSR count). The van der Waals surface area contributed by atoms with Gasteiger partial charge in [-0.15, -0.1) is 0 Å². The van der Waals surface area contributed by atoms with Gasteiger partial charge in [-0.2, -0.15) is 0 Å². The highest BCUT2D eigenvalue weighted by atomic mass is 16.6. The van der Waals surface area contributed by atoms with Crippen LogP contribution < -0.4 is 0 Å². The second kappa shape index (κ2) is 6.81. The van der Waals surface area contributed by atoms with Crippen molar-refractivity contribution in [2.24, 2.45) is 0 Å². The Morgan fingerprint density at radius 3 is 2.67 bits per heavy atom. The summed E-state index contributed by atoms with van der Waals surface area (Å²) < 4.78 is 10.5. The standard InChI is InChI=1S/C13H22O2/c1-11(2)5-4-6-12(3)7-8-14-9-13-10-15-13/h5,7,13H,4,6,8-10H2,1-3H3. The van der Waals surface area contributed by atoms with Gasteiger partial charge in [-0.25, -0.2) is 0 Å². The molecule has 1 unspecified atom stereocenters. The zero-order valence-corrected chi connectivity index (χ0v) is 10.1. The second-order valence-corrected chi connectivity index (χ2v) is 4.36. The third-order valence-electron chi connectivity index (χ3n) is 2.35. The molecule has 1 aliphatic heterocycles. The molecular formula is C13H22O2. The van der Waals surface area contributed by atoms with Gasteiger partial charge in [-0.3, -0.25) is 0 Å². The predicted molar refractivity (Wildman–Crippen MR) is 63.0 cm³/mol. The Morgan fingerprint density at radius 1 is 1.33 bits per heavy atom. The van der Waals surface area contributed by atoms with Crippen molar-refractivity contribution in [3.05, 3.63) is 23.3 Å². The molecule has 1 aliphatic rings. The van der Waals surface area contributed by atoms with Crippen LogP contribution in [0.25, 0.3) is 0 Å². The summed E-state index contributed by atoms with van der Waals surface area (Å²) in [5, 5.41) is 0. The first-order valence-electron chi connectivity index (χ1n) is 5.67. The largest absolute Gasteiger partial charge is 0.375 e. The van der Waals surface area contributed by atoms with Gasteiger partial charge in [0.15, 0.2) is 0 Å². The zero-order valence-electron chi connectivity index (χ0n) is 10.1. The van der Waals surface area contributed by atoms with E-state index in [0.717, 1.165) is 32.7 Å². The fraction of sp³-hybridized carbons (Fsp3) is 0.692. The Bertz CT molecular complexity index is 233. The topological polar surface area (TPSA) is 21.8 Å². The van der Waals surface area contributed by atoms with Crippen molar-refractivity contribution in [3.8, 4) is 0 Å². The van der Waals surface area contributed by atoms with Crippen LogP contribution in [0.3, 0.4) is 0 Å². The molecule has 2 nitrogen and oxygen atoms in total. The fourth-order valence-electron chi connectivity index (χ4n) is 1.26. The summed E-state index contributed by atoms with van der Waals surface area (Å²) in [6.45, 7) is 8.78. The maximum Gasteiger partial charge on any atom is 0.104 e. The summed E-state index contributed by atoms with van der Waals surface area (Å²) in [5.74, 6) is 0. The maximum absolute atomic E-state index is 5.44. The third kappa shape index (κ3) is 7.34. The molecule has 1 saturated heterocycles. The third-order valence-corrected chi connectivity index (χ3v) is 2.35. The molecule has 0 spiro atoms. The van der Waals surface area contributed by atoms with Crippen LogP contribution in [0.1, 0.15) is 33.6 Å². The molecule has 0 aromatic rings. The maximum atomic E-state index is 5.44. The first-order chi connectivity index (χ1) is 7.18.